The maximum atomic E-state index is 12.1. The number of amides is 2. The van der Waals surface area contributed by atoms with Crippen LogP contribution in [0.3, 0.4) is 0 Å². The molecule has 0 atom stereocenters. The number of nitrogens with one attached hydrogen (secondary N) is 1. The Morgan fingerprint density at radius 3 is 2.14 bits per heavy atom. The number of likely N-dealkylation sites (tertiary alicyclic amines) is 1. The van der Waals surface area contributed by atoms with Crippen molar-refractivity contribution in [2.24, 2.45) is 5.92 Å². The number of hydrogen-bond acceptors (Lipinski definition) is 3. The molecule has 0 aromatic carbocycles. The number of carbonyl (C=O) groups excluding carboxylic acids is 2. The van der Waals surface area contributed by atoms with Gasteiger partial charge >= 0.3 is 6.09 Å². The molecule has 0 radical (unpaired) electrons. The van der Waals surface area contributed by atoms with Gasteiger partial charge in [0.1, 0.15) is 5.60 Å². The van der Waals surface area contributed by atoms with E-state index in [2.05, 4.69) is 12.2 Å². The minimum absolute atomic E-state index is 0.113. The highest BCUT2D eigenvalue weighted by Gasteiger charge is 2.28. The van der Waals surface area contributed by atoms with E-state index in [1.807, 2.05) is 34.6 Å². The lowest BCUT2D eigenvalue weighted by atomic mass is 9.92. The molecule has 0 aliphatic carbocycles. The molecule has 2 amide bonds. The lowest BCUT2D eigenvalue weighted by molar-refractivity contribution is -0.123. The predicted octanol–water partition coefficient (Wildman–Crippen LogP) is 3.33. The van der Waals surface area contributed by atoms with Crippen LogP contribution in [0.15, 0.2) is 0 Å². The summed E-state index contributed by atoms with van der Waals surface area (Å²) in [5, 5.41) is 3.07. The maximum Gasteiger partial charge on any atom is 0.410 e. The molecule has 22 heavy (non-hydrogen) atoms. The molecule has 5 nitrogen and oxygen atoms in total. The van der Waals surface area contributed by atoms with Crippen LogP contribution < -0.4 is 5.32 Å². The first-order valence-corrected chi connectivity index (χ1v) is 8.31. The zero-order chi connectivity index (χ0) is 17.0. The van der Waals surface area contributed by atoms with Gasteiger partial charge in [-0.3, -0.25) is 4.79 Å². The van der Waals surface area contributed by atoms with Gasteiger partial charge in [0.2, 0.25) is 5.91 Å². The SMILES string of the molecule is CCC(C)(C)NC(=O)CC1CCN(C(=O)OC(C)(C)C)CC1. The highest BCUT2D eigenvalue weighted by Crippen LogP contribution is 2.22. The van der Waals surface area contributed by atoms with E-state index in [4.69, 9.17) is 4.74 Å². The molecule has 0 saturated carbocycles. The van der Waals surface area contributed by atoms with Gasteiger partial charge in [-0.05, 0) is 59.8 Å². The molecule has 1 aliphatic heterocycles. The van der Waals surface area contributed by atoms with Crippen LogP contribution in [0, 0.1) is 5.92 Å². The molecule has 1 heterocycles. The molecule has 128 valence electrons. The third-order valence-electron chi connectivity index (χ3n) is 4.10. The van der Waals surface area contributed by atoms with E-state index in [-0.39, 0.29) is 17.5 Å². The summed E-state index contributed by atoms with van der Waals surface area (Å²) in [6.45, 7) is 13.1. The molecule has 1 rings (SSSR count). The van der Waals surface area contributed by atoms with E-state index in [1.165, 1.54) is 0 Å². The summed E-state index contributed by atoms with van der Waals surface area (Å²) in [5.74, 6) is 0.467. The first-order chi connectivity index (χ1) is 10.0. The van der Waals surface area contributed by atoms with Crippen molar-refractivity contribution in [3.05, 3.63) is 0 Å². The van der Waals surface area contributed by atoms with Crippen LogP contribution in [0.1, 0.15) is 67.2 Å². The van der Waals surface area contributed by atoms with Crippen molar-refractivity contribution in [2.45, 2.75) is 78.4 Å². The first kappa shape index (κ1) is 18.8. The minimum Gasteiger partial charge on any atom is -0.444 e. The van der Waals surface area contributed by atoms with Crippen molar-refractivity contribution in [3.8, 4) is 0 Å². The Bertz CT molecular complexity index is 391. The standard InChI is InChI=1S/C17H32N2O3/c1-7-17(5,6)18-14(20)12-13-8-10-19(11-9-13)15(21)22-16(2,3)4/h13H,7-12H2,1-6H3,(H,18,20). The highest BCUT2D eigenvalue weighted by atomic mass is 16.6. The van der Waals surface area contributed by atoms with Crippen molar-refractivity contribution in [1.82, 2.24) is 10.2 Å². The molecule has 1 aliphatic rings. The molecule has 0 aromatic rings. The molecule has 1 saturated heterocycles. The Kier molecular flexibility index (Phi) is 6.27. The normalized spacial score (nSPS) is 17.3. The summed E-state index contributed by atoms with van der Waals surface area (Å²) in [6.07, 6.45) is 2.93. The number of nitrogens with zero attached hydrogens (tertiary/aromatic N) is 1. The topological polar surface area (TPSA) is 58.6 Å². The second kappa shape index (κ2) is 7.34. The number of carbonyl (C=O) groups is 2. The first-order valence-electron chi connectivity index (χ1n) is 8.31. The van der Waals surface area contributed by atoms with Crippen LogP contribution in [0.4, 0.5) is 4.79 Å². The fourth-order valence-electron chi connectivity index (χ4n) is 2.43. The molecule has 0 bridgehead atoms. The van der Waals surface area contributed by atoms with Crippen molar-refractivity contribution in [2.75, 3.05) is 13.1 Å². The highest BCUT2D eigenvalue weighted by molar-refractivity contribution is 5.77. The lowest BCUT2D eigenvalue weighted by Crippen LogP contribution is -2.45. The van der Waals surface area contributed by atoms with Crippen molar-refractivity contribution < 1.29 is 14.3 Å². The van der Waals surface area contributed by atoms with Crippen molar-refractivity contribution in [1.29, 1.82) is 0 Å². The van der Waals surface area contributed by atoms with Gasteiger partial charge in [-0.25, -0.2) is 4.79 Å². The van der Waals surface area contributed by atoms with Gasteiger partial charge in [-0.2, -0.15) is 0 Å². The number of rotatable bonds is 4. The zero-order valence-electron chi connectivity index (χ0n) is 15.0. The number of ether oxygens (including phenoxy) is 1. The van der Waals surface area contributed by atoms with Gasteiger partial charge < -0.3 is 15.0 Å². The fourth-order valence-corrected chi connectivity index (χ4v) is 2.43. The molecular weight excluding hydrogens is 280 g/mol. The minimum atomic E-state index is -0.459. The Morgan fingerprint density at radius 1 is 1.14 bits per heavy atom. The van der Waals surface area contributed by atoms with Crippen LogP contribution in [0.25, 0.3) is 0 Å². The van der Waals surface area contributed by atoms with E-state index in [0.717, 1.165) is 19.3 Å². The van der Waals surface area contributed by atoms with Crippen molar-refractivity contribution in [3.63, 3.8) is 0 Å². The summed E-state index contributed by atoms with van der Waals surface area (Å²) >= 11 is 0. The van der Waals surface area contributed by atoms with Crippen LogP contribution in [-0.2, 0) is 9.53 Å². The smallest absolute Gasteiger partial charge is 0.410 e. The molecule has 0 unspecified atom stereocenters. The predicted molar refractivity (Wildman–Crippen MR) is 87.7 cm³/mol. The lowest BCUT2D eigenvalue weighted by Gasteiger charge is -2.33. The Hall–Kier alpha value is -1.26. The van der Waals surface area contributed by atoms with E-state index < -0.39 is 5.60 Å². The van der Waals surface area contributed by atoms with E-state index >= 15 is 0 Å². The molecule has 0 spiro atoms. The van der Waals surface area contributed by atoms with E-state index in [0.29, 0.717) is 25.4 Å². The average molecular weight is 312 g/mol. The van der Waals surface area contributed by atoms with Gasteiger partial charge in [-0.15, -0.1) is 0 Å². The molecule has 5 heteroatoms. The van der Waals surface area contributed by atoms with E-state index in [1.54, 1.807) is 4.90 Å². The fraction of sp³-hybridized carbons (Fsp3) is 0.882. The molecule has 1 fully saturated rings. The quantitative estimate of drug-likeness (QED) is 0.866. The number of hydrogen-bond donors (Lipinski definition) is 1. The molecule has 1 N–H and O–H groups in total. The van der Waals surface area contributed by atoms with Crippen molar-refractivity contribution >= 4 is 12.0 Å². The maximum absolute atomic E-state index is 12.1. The summed E-state index contributed by atoms with van der Waals surface area (Å²) in [5.41, 5.74) is -0.603. The Balaban J connectivity index is 2.37. The summed E-state index contributed by atoms with van der Waals surface area (Å²) in [4.78, 5) is 25.8. The van der Waals surface area contributed by atoms with Gasteiger partial charge in [0.05, 0.1) is 0 Å². The summed E-state index contributed by atoms with van der Waals surface area (Å²) < 4.78 is 5.38. The van der Waals surface area contributed by atoms with Gasteiger partial charge in [0, 0.05) is 25.0 Å². The van der Waals surface area contributed by atoms with Gasteiger partial charge in [-0.1, -0.05) is 6.92 Å². The summed E-state index contributed by atoms with van der Waals surface area (Å²) in [7, 11) is 0. The van der Waals surface area contributed by atoms with Crippen LogP contribution in [-0.4, -0.2) is 41.1 Å². The van der Waals surface area contributed by atoms with Gasteiger partial charge in [0.15, 0.2) is 0 Å². The monoisotopic (exact) mass is 312 g/mol. The summed E-state index contributed by atoms with van der Waals surface area (Å²) in [6, 6.07) is 0. The second-order valence-electron chi connectivity index (χ2n) is 7.90. The second-order valence-corrected chi connectivity index (χ2v) is 7.90. The van der Waals surface area contributed by atoms with Crippen LogP contribution in [0.5, 0.6) is 0 Å². The third kappa shape index (κ3) is 6.67. The largest absolute Gasteiger partial charge is 0.444 e. The third-order valence-corrected chi connectivity index (χ3v) is 4.10. The van der Waals surface area contributed by atoms with Crippen LogP contribution in [0.2, 0.25) is 0 Å². The average Bonchev–Trinajstić information content (AvgIpc) is 2.36. The van der Waals surface area contributed by atoms with Crippen LogP contribution >= 0.6 is 0 Å². The zero-order valence-corrected chi connectivity index (χ0v) is 15.0. The molecular formula is C17H32N2O3. The van der Waals surface area contributed by atoms with E-state index in [9.17, 15) is 9.59 Å². The molecule has 0 aromatic heterocycles. The van der Waals surface area contributed by atoms with Gasteiger partial charge in [0.25, 0.3) is 0 Å². The Labute approximate surface area is 134 Å². The number of piperidine rings is 1. The Morgan fingerprint density at radius 2 is 1.68 bits per heavy atom.